The average molecular weight is 344 g/mol. The van der Waals surface area contributed by atoms with Crippen LogP contribution in [-0.2, 0) is 22.5 Å². The van der Waals surface area contributed by atoms with Gasteiger partial charge in [0, 0.05) is 19.5 Å². The molecule has 0 N–H and O–H groups in total. The van der Waals surface area contributed by atoms with Gasteiger partial charge in [-0.25, -0.2) is 4.79 Å². The van der Waals surface area contributed by atoms with Crippen molar-refractivity contribution in [2.24, 2.45) is 0 Å². The summed E-state index contributed by atoms with van der Waals surface area (Å²) >= 11 is 0. The van der Waals surface area contributed by atoms with Crippen molar-refractivity contribution in [3.63, 3.8) is 0 Å². The van der Waals surface area contributed by atoms with E-state index in [0.717, 1.165) is 37.1 Å². The van der Waals surface area contributed by atoms with E-state index in [1.54, 1.807) is 4.90 Å². The Labute approximate surface area is 149 Å². The number of carbonyl (C=O) groups excluding carboxylic acids is 2. The van der Waals surface area contributed by atoms with Crippen molar-refractivity contribution in [2.75, 3.05) is 13.1 Å². The molecule has 0 radical (unpaired) electrons. The highest BCUT2D eigenvalue weighted by Gasteiger charge is 2.38. The Balaban J connectivity index is 1.85. The molecule has 0 spiro atoms. The number of hydrogen-bond donors (Lipinski definition) is 0. The van der Waals surface area contributed by atoms with Gasteiger partial charge in [-0.05, 0) is 51.2 Å². The Hall–Kier alpha value is -2.04. The molecule has 0 unspecified atom stereocenters. The molecule has 1 atom stereocenters. The van der Waals surface area contributed by atoms with Gasteiger partial charge in [-0.3, -0.25) is 9.69 Å². The lowest BCUT2D eigenvalue weighted by Gasteiger charge is -2.40. The summed E-state index contributed by atoms with van der Waals surface area (Å²) in [4.78, 5) is 29.4. The van der Waals surface area contributed by atoms with Gasteiger partial charge >= 0.3 is 6.09 Å². The predicted octanol–water partition coefficient (Wildman–Crippen LogP) is 3.36. The van der Waals surface area contributed by atoms with Crippen molar-refractivity contribution in [3.05, 3.63) is 35.4 Å². The molecule has 0 saturated carbocycles. The van der Waals surface area contributed by atoms with E-state index in [4.69, 9.17) is 4.74 Å². The van der Waals surface area contributed by atoms with Gasteiger partial charge in [0.05, 0.1) is 6.54 Å². The SMILES string of the molecule is CC(C)(C)OC(=O)N1Cc2ccccc2C[C@H]1C(=O)N1CCCCC1. The Kier molecular flexibility index (Phi) is 5.02. The summed E-state index contributed by atoms with van der Waals surface area (Å²) in [6.45, 7) is 7.56. The minimum Gasteiger partial charge on any atom is -0.444 e. The first-order valence-electron chi connectivity index (χ1n) is 9.20. The van der Waals surface area contributed by atoms with E-state index in [2.05, 4.69) is 6.07 Å². The van der Waals surface area contributed by atoms with Crippen molar-refractivity contribution >= 4 is 12.0 Å². The quantitative estimate of drug-likeness (QED) is 0.785. The normalized spacial score (nSPS) is 20.8. The summed E-state index contributed by atoms with van der Waals surface area (Å²) in [5.74, 6) is 0.0556. The standard InChI is InChI=1S/C20H28N2O3/c1-20(2,3)25-19(24)22-14-16-10-6-5-9-15(16)13-17(22)18(23)21-11-7-4-8-12-21/h5-6,9-10,17H,4,7-8,11-14H2,1-3H3/t17-/m0/s1. The van der Waals surface area contributed by atoms with E-state index in [9.17, 15) is 9.59 Å². The molecule has 1 aromatic rings. The molecular weight excluding hydrogens is 316 g/mol. The van der Waals surface area contributed by atoms with Gasteiger partial charge in [0.1, 0.15) is 11.6 Å². The molecule has 0 aromatic heterocycles. The number of carbonyl (C=O) groups is 2. The topological polar surface area (TPSA) is 49.9 Å². The van der Waals surface area contributed by atoms with Crippen LogP contribution < -0.4 is 0 Å². The minimum absolute atomic E-state index is 0.0556. The van der Waals surface area contributed by atoms with Crippen molar-refractivity contribution < 1.29 is 14.3 Å². The molecule has 1 fully saturated rings. The van der Waals surface area contributed by atoms with Crippen molar-refractivity contribution in [2.45, 2.75) is 64.6 Å². The molecule has 25 heavy (non-hydrogen) atoms. The van der Waals surface area contributed by atoms with Crippen LogP contribution in [0.5, 0.6) is 0 Å². The van der Waals surface area contributed by atoms with Gasteiger partial charge in [0.15, 0.2) is 0 Å². The molecule has 2 aliphatic rings. The van der Waals surface area contributed by atoms with Gasteiger partial charge in [0.2, 0.25) is 5.91 Å². The molecule has 5 heteroatoms. The summed E-state index contributed by atoms with van der Waals surface area (Å²) in [5.41, 5.74) is 1.67. The highest BCUT2D eigenvalue weighted by molar-refractivity contribution is 5.86. The summed E-state index contributed by atoms with van der Waals surface area (Å²) in [7, 11) is 0. The second kappa shape index (κ2) is 7.06. The van der Waals surface area contributed by atoms with E-state index in [1.807, 2.05) is 43.9 Å². The fourth-order valence-corrected chi connectivity index (χ4v) is 3.58. The third kappa shape index (κ3) is 4.14. The maximum Gasteiger partial charge on any atom is 0.411 e. The number of amides is 2. The predicted molar refractivity (Wildman–Crippen MR) is 96.1 cm³/mol. The van der Waals surface area contributed by atoms with Gasteiger partial charge in [-0.1, -0.05) is 24.3 Å². The van der Waals surface area contributed by atoms with Crippen LogP contribution in [0.15, 0.2) is 24.3 Å². The largest absolute Gasteiger partial charge is 0.444 e. The molecule has 3 rings (SSSR count). The van der Waals surface area contributed by atoms with Gasteiger partial charge in [0.25, 0.3) is 0 Å². The second-order valence-electron chi connectivity index (χ2n) is 7.98. The van der Waals surface area contributed by atoms with E-state index in [1.165, 1.54) is 6.42 Å². The molecular formula is C20H28N2O3. The lowest BCUT2D eigenvalue weighted by Crippen LogP contribution is -2.55. The average Bonchev–Trinajstić information content (AvgIpc) is 2.59. The molecule has 0 bridgehead atoms. The monoisotopic (exact) mass is 344 g/mol. The second-order valence-corrected chi connectivity index (χ2v) is 7.98. The highest BCUT2D eigenvalue weighted by Crippen LogP contribution is 2.27. The molecule has 0 aliphatic carbocycles. The van der Waals surface area contributed by atoms with E-state index < -0.39 is 17.7 Å². The molecule has 2 amide bonds. The Morgan fingerprint density at radius 3 is 2.32 bits per heavy atom. The zero-order chi connectivity index (χ0) is 18.0. The van der Waals surface area contributed by atoms with E-state index >= 15 is 0 Å². The number of rotatable bonds is 1. The Morgan fingerprint density at radius 1 is 1.04 bits per heavy atom. The van der Waals surface area contributed by atoms with Crippen LogP contribution in [0.1, 0.15) is 51.2 Å². The maximum atomic E-state index is 13.1. The molecule has 2 aliphatic heterocycles. The van der Waals surface area contributed by atoms with Crippen LogP contribution in [0, 0.1) is 0 Å². The lowest BCUT2D eigenvalue weighted by molar-refractivity contribution is -0.138. The van der Waals surface area contributed by atoms with Crippen LogP contribution in [-0.4, -0.2) is 46.5 Å². The first-order valence-corrected chi connectivity index (χ1v) is 9.20. The zero-order valence-corrected chi connectivity index (χ0v) is 15.5. The number of nitrogens with zero attached hydrogens (tertiary/aromatic N) is 2. The summed E-state index contributed by atoms with van der Waals surface area (Å²) < 4.78 is 5.58. The number of piperidine rings is 1. The number of ether oxygens (including phenoxy) is 1. The zero-order valence-electron chi connectivity index (χ0n) is 15.5. The third-order valence-corrected chi connectivity index (χ3v) is 4.83. The minimum atomic E-state index is -0.577. The van der Waals surface area contributed by atoms with Crippen molar-refractivity contribution in [1.82, 2.24) is 9.80 Å². The van der Waals surface area contributed by atoms with Gasteiger partial charge < -0.3 is 9.64 Å². The maximum absolute atomic E-state index is 13.1. The summed E-state index contributed by atoms with van der Waals surface area (Å²) in [6.07, 6.45) is 3.41. The van der Waals surface area contributed by atoms with Crippen LogP contribution in [0.25, 0.3) is 0 Å². The van der Waals surface area contributed by atoms with E-state index in [-0.39, 0.29) is 5.91 Å². The number of likely N-dealkylation sites (tertiary alicyclic amines) is 1. The Morgan fingerprint density at radius 2 is 1.68 bits per heavy atom. The fourth-order valence-electron chi connectivity index (χ4n) is 3.58. The fraction of sp³-hybridized carbons (Fsp3) is 0.600. The van der Waals surface area contributed by atoms with Crippen LogP contribution in [0.2, 0.25) is 0 Å². The molecule has 1 saturated heterocycles. The molecule has 136 valence electrons. The van der Waals surface area contributed by atoms with Gasteiger partial charge in [-0.2, -0.15) is 0 Å². The number of hydrogen-bond acceptors (Lipinski definition) is 3. The summed E-state index contributed by atoms with van der Waals surface area (Å²) in [6, 6.07) is 7.57. The lowest BCUT2D eigenvalue weighted by atomic mass is 9.93. The smallest absolute Gasteiger partial charge is 0.411 e. The molecule has 5 nitrogen and oxygen atoms in total. The summed E-state index contributed by atoms with van der Waals surface area (Å²) in [5, 5.41) is 0. The van der Waals surface area contributed by atoms with Crippen LogP contribution in [0.3, 0.4) is 0 Å². The van der Waals surface area contributed by atoms with Crippen LogP contribution >= 0.6 is 0 Å². The molecule has 1 aromatic carbocycles. The molecule has 2 heterocycles. The van der Waals surface area contributed by atoms with E-state index in [0.29, 0.717) is 13.0 Å². The van der Waals surface area contributed by atoms with Gasteiger partial charge in [-0.15, -0.1) is 0 Å². The van der Waals surface area contributed by atoms with Crippen LogP contribution in [0.4, 0.5) is 4.79 Å². The third-order valence-electron chi connectivity index (χ3n) is 4.83. The Bertz CT molecular complexity index is 645. The number of fused-ring (bicyclic) bond motifs is 1. The van der Waals surface area contributed by atoms with Crippen molar-refractivity contribution in [3.8, 4) is 0 Å². The highest BCUT2D eigenvalue weighted by atomic mass is 16.6. The first-order chi connectivity index (χ1) is 11.8. The van der Waals surface area contributed by atoms with Crippen molar-refractivity contribution in [1.29, 1.82) is 0 Å². The number of benzene rings is 1. The first kappa shape index (κ1) is 17.8.